The average molecular weight is 272 g/mol. The number of rotatable bonds is 4. The van der Waals surface area contributed by atoms with Crippen LogP contribution in [-0.2, 0) is 32.5 Å². The van der Waals surface area contributed by atoms with E-state index in [2.05, 4.69) is 13.8 Å². The van der Waals surface area contributed by atoms with Crippen LogP contribution in [0.3, 0.4) is 0 Å². The molecule has 0 saturated carbocycles. The van der Waals surface area contributed by atoms with Crippen LogP contribution in [-0.4, -0.2) is 42.4 Å². The van der Waals surface area contributed by atoms with Crippen LogP contribution < -0.4 is 0 Å². The van der Waals surface area contributed by atoms with Crippen molar-refractivity contribution in [2.24, 2.45) is 0 Å². The van der Waals surface area contributed by atoms with Gasteiger partial charge in [-0.2, -0.15) is 0 Å². The second-order valence-electron chi connectivity index (χ2n) is 2.93. The van der Waals surface area contributed by atoms with Crippen LogP contribution in [0, 0.1) is 0 Å². The van der Waals surface area contributed by atoms with Crippen LogP contribution in [0.4, 0.5) is 0 Å². The molecule has 92 valence electrons. The minimum absolute atomic E-state index is 0.901. The highest BCUT2D eigenvalue weighted by molar-refractivity contribution is 7.56. The molecule has 1 aliphatic heterocycles. The van der Waals surface area contributed by atoms with Gasteiger partial charge in [0, 0.05) is 14.2 Å². The van der Waals surface area contributed by atoms with E-state index in [0.29, 0.717) is 0 Å². The summed E-state index contributed by atoms with van der Waals surface area (Å²) in [5.41, 5.74) is -3.35. The van der Waals surface area contributed by atoms with E-state index < -0.39 is 38.9 Å². The molecule has 0 aliphatic carbocycles. The highest BCUT2D eigenvalue weighted by Crippen LogP contribution is 2.55. The topological polar surface area (TPSA) is 116 Å². The van der Waals surface area contributed by atoms with Crippen molar-refractivity contribution in [2.75, 3.05) is 14.2 Å². The first kappa shape index (κ1) is 13.5. The van der Waals surface area contributed by atoms with Crippen molar-refractivity contribution >= 4 is 27.6 Å². The van der Waals surface area contributed by atoms with Crippen LogP contribution >= 0.6 is 15.6 Å². The molecular weight excluding hydrogens is 262 g/mol. The molecule has 1 N–H and O–H groups in total. The molecule has 0 aromatic heterocycles. The Morgan fingerprint density at radius 3 is 2.38 bits per heavy atom. The second-order valence-corrected chi connectivity index (χ2v) is 6.65. The van der Waals surface area contributed by atoms with Crippen molar-refractivity contribution in [1.29, 1.82) is 0 Å². The molecule has 16 heavy (non-hydrogen) atoms. The standard InChI is InChI=1S/C6H10O8P2/c1-12-15(9)3-4(16(10,11)13-2)6(8)14-5(3)7/h3-4,15H,1-2H3,(H,10,11). The molecule has 1 aliphatic rings. The summed E-state index contributed by atoms with van der Waals surface area (Å²) < 4.78 is 35.7. The van der Waals surface area contributed by atoms with Gasteiger partial charge in [-0.05, 0) is 0 Å². The molecule has 1 fully saturated rings. The summed E-state index contributed by atoms with van der Waals surface area (Å²) in [4.78, 5) is 31.7. The fraction of sp³-hybridized carbons (Fsp3) is 0.667. The zero-order chi connectivity index (χ0) is 12.5. The maximum absolute atomic E-state index is 11.5. The first-order chi connectivity index (χ1) is 7.35. The number of hydrogen-bond donors (Lipinski definition) is 1. The number of carbonyl (C=O) groups excluding carboxylic acids is 2. The molecular formula is C6H10O8P2. The minimum Gasteiger partial charge on any atom is -0.392 e. The van der Waals surface area contributed by atoms with Crippen molar-refractivity contribution < 1.29 is 37.4 Å². The smallest absolute Gasteiger partial charge is 0.343 e. The van der Waals surface area contributed by atoms with Crippen LogP contribution in [0.2, 0.25) is 0 Å². The lowest BCUT2D eigenvalue weighted by molar-refractivity contribution is -0.151. The number of esters is 2. The van der Waals surface area contributed by atoms with Crippen molar-refractivity contribution in [3.05, 3.63) is 0 Å². The van der Waals surface area contributed by atoms with Gasteiger partial charge in [0.15, 0.2) is 11.3 Å². The molecule has 0 aromatic rings. The van der Waals surface area contributed by atoms with Crippen molar-refractivity contribution in [2.45, 2.75) is 11.3 Å². The summed E-state index contributed by atoms with van der Waals surface area (Å²) in [5.74, 6) is -2.36. The Balaban J connectivity index is 3.14. The number of ether oxygens (including phenoxy) is 1. The third-order valence-electron chi connectivity index (χ3n) is 2.08. The normalized spacial score (nSPS) is 30.9. The SMILES string of the molecule is CO[PH](=O)C1C(=O)OC(=O)C1P(=O)(O)OC. The molecule has 0 radical (unpaired) electrons. The van der Waals surface area contributed by atoms with E-state index >= 15 is 0 Å². The predicted molar refractivity (Wildman–Crippen MR) is 51.5 cm³/mol. The first-order valence-electron chi connectivity index (χ1n) is 4.06. The molecule has 10 heteroatoms. The molecule has 0 spiro atoms. The summed E-state index contributed by atoms with van der Waals surface area (Å²) in [6, 6.07) is 0. The van der Waals surface area contributed by atoms with Gasteiger partial charge in [-0.15, -0.1) is 0 Å². The number of hydrogen-bond acceptors (Lipinski definition) is 7. The van der Waals surface area contributed by atoms with Crippen molar-refractivity contribution in [3.8, 4) is 0 Å². The van der Waals surface area contributed by atoms with Gasteiger partial charge in [-0.3, -0.25) is 18.7 Å². The van der Waals surface area contributed by atoms with Crippen LogP contribution in [0.25, 0.3) is 0 Å². The third-order valence-corrected chi connectivity index (χ3v) is 5.58. The summed E-state index contributed by atoms with van der Waals surface area (Å²) in [6.07, 6.45) is 0. The van der Waals surface area contributed by atoms with E-state index in [0.717, 1.165) is 14.2 Å². The van der Waals surface area contributed by atoms with E-state index in [9.17, 15) is 23.6 Å². The molecule has 8 nitrogen and oxygen atoms in total. The average Bonchev–Trinajstić information content (AvgIpc) is 2.53. The monoisotopic (exact) mass is 272 g/mol. The molecule has 0 amide bonds. The first-order valence-corrected chi connectivity index (χ1v) is 7.10. The quantitative estimate of drug-likeness (QED) is 0.423. The molecule has 0 bridgehead atoms. The van der Waals surface area contributed by atoms with E-state index in [-0.39, 0.29) is 0 Å². The second kappa shape index (κ2) is 4.77. The Morgan fingerprint density at radius 1 is 1.38 bits per heavy atom. The number of carbonyl (C=O) groups is 2. The summed E-state index contributed by atoms with van der Waals surface area (Å²) >= 11 is 0. The highest BCUT2D eigenvalue weighted by atomic mass is 31.2. The third kappa shape index (κ3) is 2.26. The Hall–Kier alpha value is -0.520. The largest absolute Gasteiger partial charge is 0.392 e. The van der Waals surface area contributed by atoms with Gasteiger partial charge < -0.3 is 18.7 Å². The van der Waals surface area contributed by atoms with Gasteiger partial charge >= 0.3 is 19.5 Å². The van der Waals surface area contributed by atoms with Gasteiger partial charge in [-0.1, -0.05) is 0 Å². The fourth-order valence-corrected chi connectivity index (χ4v) is 4.15. The predicted octanol–water partition coefficient (Wildman–Crippen LogP) is -0.240. The van der Waals surface area contributed by atoms with Crippen molar-refractivity contribution in [3.63, 3.8) is 0 Å². The summed E-state index contributed by atoms with van der Waals surface area (Å²) in [6.45, 7) is 0. The summed E-state index contributed by atoms with van der Waals surface area (Å²) in [5, 5.41) is 0. The molecule has 1 heterocycles. The van der Waals surface area contributed by atoms with Crippen LogP contribution in [0.5, 0.6) is 0 Å². The number of cyclic esters (lactones) is 2. The maximum Gasteiger partial charge on any atom is 0.343 e. The lowest BCUT2D eigenvalue weighted by atomic mass is 10.3. The van der Waals surface area contributed by atoms with Crippen LogP contribution in [0.15, 0.2) is 0 Å². The lowest BCUT2D eigenvalue weighted by Gasteiger charge is -2.16. The maximum atomic E-state index is 11.5. The van der Waals surface area contributed by atoms with Crippen LogP contribution in [0.1, 0.15) is 0 Å². The minimum atomic E-state index is -4.39. The van der Waals surface area contributed by atoms with E-state index in [4.69, 9.17) is 0 Å². The van der Waals surface area contributed by atoms with Gasteiger partial charge in [-0.25, -0.2) is 0 Å². The molecule has 1 saturated heterocycles. The van der Waals surface area contributed by atoms with Gasteiger partial charge in [0.2, 0.25) is 8.03 Å². The molecule has 4 atom stereocenters. The lowest BCUT2D eigenvalue weighted by Crippen LogP contribution is -2.27. The Kier molecular flexibility index (Phi) is 4.04. The zero-order valence-electron chi connectivity index (χ0n) is 8.41. The van der Waals surface area contributed by atoms with E-state index in [1.807, 2.05) is 0 Å². The van der Waals surface area contributed by atoms with Crippen molar-refractivity contribution in [1.82, 2.24) is 0 Å². The Bertz CT molecular complexity index is 390. The highest BCUT2D eigenvalue weighted by Gasteiger charge is 2.57. The molecule has 0 aromatic carbocycles. The Morgan fingerprint density at radius 2 is 1.94 bits per heavy atom. The van der Waals surface area contributed by atoms with Gasteiger partial charge in [0.05, 0.1) is 0 Å². The van der Waals surface area contributed by atoms with Gasteiger partial charge in [0.25, 0.3) is 0 Å². The molecule has 1 rings (SSSR count). The zero-order valence-corrected chi connectivity index (χ0v) is 10.3. The summed E-state index contributed by atoms with van der Waals surface area (Å²) in [7, 11) is -5.41. The fourth-order valence-electron chi connectivity index (χ4n) is 1.28. The van der Waals surface area contributed by atoms with Gasteiger partial charge in [0.1, 0.15) is 0 Å². The Labute approximate surface area is 91.3 Å². The molecule has 4 unspecified atom stereocenters. The van der Waals surface area contributed by atoms with E-state index in [1.165, 1.54) is 0 Å². The van der Waals surface area contributed by atoms with E-state index in [1.54, 1.807) is 0 Å².